The normalized spacial score (nSPS) is 16.5. The summed E-state index contributed by atoms with van der Waals surface area (Å²) in [4.78, 5) is 27.2. The average Bonchev–Trinajstić information content (AvgIpc) is 2.90. The van der Waals surface area contributed by atoms with Gasteiger partial charge in [-0.25, -0.2) is 13.1 Å². The summed E-state index contributed by atoms with van der Waals surface area (Å²) in [5, 5.41) is 0. The lowest BCUT2D eigenvalue weighted by atomic mass is 10.1. The molecule has 0 saturated heterocycles. The second-order valence-corrected chi connectivity index (χ2v) is 8.21. The number of rotatable bonds is 7. The Kier molecular flexibility index (Phi) is 6.41. The summed E-state index contributed by atoms with van der Waals surface area (Å²) < 4.78 is 27.5. The smallest absolute Gasteiger partial charge is 0.240 e. The second kappa shape index (κ2) is 8.18. The van der Waals surface area contributed by atoms with E-state index in [2.05, 4.69) is 4.72 Å². The Morgan fingerprint density at radius 3 is 2.50 bits per heavy atom. The van der Waals surface area contributed by atoms with Gasteiger partial charge in [-0.15, -0.1) is 0 Å². The maximum absolute atomic E-state index is 12.5. The topological polar surface area (TPSA) is 86.8 Å². The van der Waals surface area contributed by atoms with Crippen LogP contribution in [-0.2, 0) is 26.0 Å². The van der Waals surface area contributed by atoms with E-state index in [1.165, 1.54) is 13.0 Å². The molecule has 144 valence electrons. The molecule has 7 nitrogen and oxygen atoms in total. The highest BCUT2D eigenvalue weighted by Crippen LogP contribution is 2.33. The number of hydrogen-bond donors (Lipinski definition) is 1. The zero-order chi connectivity index (χ0) is 19.5. The molecule has 0 aromatic heterocycles. The molecule has 1 aromatic carbocycles. The first kappa shape index (κ1) is 20.4. The van der Waals surface area contributed by atoms with Crippen molar-refractivity contribution in [1.82, 2.24) is 9.62 Å². The van der Waals surface area contributed by atoms with E-state index < -0.39 is 10.0 Å². The SMILES string of the molecule is CCN(CC)C(=O)CCNS(=O)(=O)c1ccc2c(c1)CC(C)N2C(C)=O. The largest absolute Gasteiger partial charge is 0.343 e. The molecule has 2 rings (SSSR count). The van der Waals surface area contributed by atoms with Crippen molar-refractivity contribution in [2.45, 2.75) is 51.5 Å². The molecule has 26 heavy (non-hydrogen) atoms. The second-order valence-electron chi connectivity index (χ2n) is 6.45. The van der Waals surface area contributed by atoms with Gasteiger partial charge in [-0.1, -0.05) is 0 Å². The quantitative estimate of drug-likeness (QED) is 0.776. The Morgan fingerprint density at radius 2 is 1.92 bits per heavy atom. The van der Waals surface area contributed by atoms with E-state index in [0.717, 1.165) is 11.3 Å². The first-order chi connectivity index (χ1) is 12.2. The standard InChI is InChI=1S/C18H27N3O4S/c1-5-20(6-2)18(23)9-10-19-26(24,25)16-7-8-17-15(12-16)11-13(3)21(17)14(4)22/h7-8,12-13,19H,5-6,9-11H2,1-4H3. The van der Waals surface area contributed by atoms with E-state index in [1.807, 2.05) is 20.8 Å². The van der Waals surface area contributed by atoms with E-state index in [0.29, 0.717) is 19.5 Å². The van der Waals surface area contributed by atoms with Gasteiger partial charge in [-0.2, -0.15) is 0 Å². The number of sulfonamides is 1. The summed E-state index contributed by atoms with van der Waals surface area (Å²) in [5.74, 6) is -0.127. The Morgan fingerprint density at radius 1 is 1.27 bits per heavy atom. The van der Waals surface area contributed by atoms with Crippen LogP contribution >= 0.6 is 0 Å². The van der Waals surface area contributed by atoms with Gasteiger partial charge in [0.25, 0.3) is 0 Å². The Labute approximate surface area is 155 Å². The first-order valence-corrected chi connectivity index (χ1v) is 10.4. The van der Waals surface area contributed by atoms with Gasteiger partial charge >= 0.3 is 0 Å². The monoisotopic (exact) mass is 381 g/mol. The van der Waals surface area contributed by atoms with E-state index in [1.54, 1.807) is 21.9 Å². The molecule has 2 amide bonds. The number of nitrogens with one attached hydrogen (secondary N) is 1. The number of anilines is 1. The van der Waals surface area contributed by atoms with Crippen molar-refractivity contribution in [1.29, 1.82) is 0 Å². The predicted octanol–water partition coefficient (Wildman–Crippen LogP) is 1.52. The lowest BCUT2D eigenvalue weighted by Crippen LogP contribution is -2.34. The Bertz CT molecular complexity index is 788. The van der Waals surface area contributed by atoms with Gasteiger partial charge in [-0.05, 0) is 51.0 Å². The maximum atomic E-state index is 12.5. The number of nitrogens with zero attached hydrogens (tertiary/aromatic N) is 2. The molecule has 1 N–H and O–H groups in total. The van der Waals surface area contributed by atoms with E-state index in [-0.39, 0.29) is 35.7 Å². The van der Waals surface area contributed by atoms with Crippen molar-refractivity contribution >= 4 is 27.5 Å². The molecule has 0 radical (unpaired) electrons. The predicted molar refractivity (Wildman–Crippen MR) is 101 cm³/mol. The number of carbonyl (C=O) groups is 2. The van der Waals surface area contributed by atoms with Crippen LogP contribution in [0.4, 0.5) is 5.69 Å². The van der Waals surface area contributed by atoms with E-state index in [4.69, 9.17) is 0 Å². The van der Waals surface area contributed by atoms with Crippen LogP contribution in [0.3, 0.4) is 0 Å². The molecule has 0 bridgehead atoms. The summed E-state index contributed by atoms with van der Waals surface area (Å²) in [6.45, 7) is 8.50. The summed E-state index contributed by atoms with van der Waals surface area (Å²) in [5.41, 5.74) is 1.61. The number of hydrogen-bond acceptors (Lipinski definition) is 4. The van der Waals surface area contributed by atoms with Gasteiger partial charge in [0.05, 0.1) is 4.90 Å². The van der Waals surface area contributed by atoms with Crippen LogP contribution in [0.5, 0.6) is 0 Å². The molecule has 1 unspecified atom stereocenters. The van der Waals surface area contributed by atoms with Crippen molar-refractivity contribution in [3.8, 4) is 0 Å². The van der Waals surface area contributed by atoms with Crippen LogP contribution in [0, 0.1) is 0 Å². The highest BCUT2D eigenvalue weighted by atomic mass is 32.2. The molecule has 0 spiro atoms. The molecule has 8 heteroatoms. The molecule has 1 heterocycles. The zero-order valence-electron chi connectivity index (χ0n) is 15.8. The number of amides is 2. The fourth-order valence-electron chi connectivity index (χ4n) is 3.36. The fraction of sp³-hybridized carbons (Fsp3) is 0.556. The van der Waals surface area contributed by atoms with Crippen LogP contribution in [0.15, 0.2) is 23.1 Å². The minimum absolute atomic E-state index is 0.0140. The third-order valence-corrected chi connectivity index (χ3v) is 6.12. The molecule has 1 aliphatic heterocycles. The van der Waals surface area contributed by atoms with Crippen LogP contribution < -0.4 is 9.62 Å². The molecule has 1 aliphatic rings. The fourth-order valence-corrected chi connectivity index (χ4v) is 4.45. The Balaban J connectivity index is 2.08. The third-order valence-electron chi connectivity index (χ3n) is 4.66. The lowest BCUT2D eigenvalue weighted by molar-refractivity contribution is -0.130. The number of carbonyl (C=O) groups excluding carboxylic acids is 2. The maximum Gasteiger partial charge on any atom is 0.240 e. The zero-order valence-corrected chi connectivity index (χ0v) is 16.6. The molecule has 1 atom stereocenters. The van der Waals surface area contributed by atoms with Crippen molar-refractivity contribution in [3.63, 3.8) is 0 Å². The van der Waals surface area contributed by atoms with Crippen molar-refractivity contribution < 1.29 is 18.0 Å². The van der Waals surface area contributed by atoms with Gasteiger partial charge < -0.3 is 9.80 Å². The van der Waals surface area contributed by atoms with Gasteiger partial charge in [0.2, 0.25) is 21.8 Å². The molecule has 0 aliphatic carbocycles. The summed E-state index contributed by atoms with van der Waals surface area (Å²) >= 11 is 0. The third kappa shape index (κ3) is 4.24. The van der Waals surface area contributed by atoms with Crippen molar-refractivity contribution in [3.05, 3.63) is 23.8 Å². The van der Waals surface area contributed by atoms with Gasteiger partial charge in [-0.3, -0.25) is 9.59 Å². The van der Waals surface area contributed by atoms with Crippen molar-refractivity contribution in [2.24, 2.45) is 0 Å². The van der Waals surface area contributed by atoms with Crippen molar-refractivity contribution in [2.75, 3.05) is 24.5 Å². The van der Waals surface area contributed by atoms with Gasteiger partial charge in [0, 0.05) is 44.7 Å². The van der Waals surface area contributed by atoms with Gasteiger partial charge in [0.1, 0.15) is 0 Å². The number of benzene rings is 1. The summed E-state index contributed by atoms with van der Waals surface area (Å²) in [6, 6.07) is 4.81. The molecular weight excluding hydrogens is 354 g/mol. The molecular formula is C18H27N3O4S. The number of fused-ring (bicyclic) bond motifs is 1. The van der Waals surface area contributed by atoms with Crippen LogP contribution in [0.25, 0.3) is 0 Å². The van der Waals surface area contributed by atoms with E-state index >= 15 is 0 Å². The molecule has 0 saturated carbocycles. The molecule has 1 aromatic rings. The summed E-state index contributed by atoms with van der Waals surface area (Å²) in [6.07, 6.45) is 0.750. The highest BCUT2D eigenvalue weighted by molar-refractivity contribution is 7.89. The van der Waals surface area contributed by atoms with Gasteiger partial charge in [0.15, 0.2) is 0 Å². The average molecular weight is 381 g/mol. The minimum atomic E-state index is -3.70. The minimum Gasteiger partial charge on any atom is -0.343 e. The highest BCUT2D eigenvalue weighted by Gasteiger charge is 2.30. The first-order valence-electron chi connectivity index (χ1n) is 8.91. The van der Waals surface area contributed by atoms with Crippen LogP contribution in [-0.4, -0.2) is 50.8 Å². The summed E-state index contributed by atoms with van der Waals surface area (Å²) in [7, 11) is -3.70. The van der Waals surface area contributed by atoms with Crippen LogP contribution in [0.1, 0.15) is 39.7 Å². The van der Waals surface area contributed by atoms with Crippen LogP contribution in [0.2, 0.25) is 0 Å². The lowest BCUT2D eigenvalue weighted by Gasteiger charge is -2.20. The van der Waals surface area contributed by atoms with E-state index in [9.17, 15) is 18.0 Å². The molecule has 0 fully saturated rings. The Hall–Kier alpha value is -1.93.